The molecule has 0 heterocycles. The first-order chi connectivity index (χ1) is 10.4. The summed E-state index contributed by atoms with van der Waals surface area (Å²) >= 11 is 6.20. The maximum absolute atomic E-state index is 13.4. The number of fused-ring (bicyclic) bond motifs is 1. The van der Waals surface area contributed by atoms with Crippen molar-refractivity contribution in [2.45, 2.75) is 44.3 Å². The summed E-state index contributed by atoms with van der Waals surface area (Å²) in [6.45, 7) is 0.734. The molecule has 0 aliphatic heterocycles. The third-order valence-electron chi connectivity index (χ3n) is 5.75. The summed E-state index contributed by atoms with van der Waals surface area (Å²) in [6, 6.07) is 6.02. The molecule has 0 saturated heterocycles. The van der Waals surface area contributed by atoms with Crippen LogP contribution < -0.4 is 0 Å². The topological polar surface area (TPSA) is 6.48 Å². The van der Waals surface area contributed by atoms with E-state index in [1.807, 2.05) is 0 Å². The van der Waals surface area contributed by atoms with Gasteiger partial charge in [0.25, 0.3) is 0 Å². The van der Waals surface area contributed by atoms with E-state index >= 15 is 0 Å². The molecule has 2 aliphatic rings. The second kappa shape index (κ2) is 6.46. The van der Waals surface area contributed by atoms with Gasteiger partial charge in [-0.05, 0) is 82.4 Å². The SMILES string of the molecule is CN(C)C1C[C@@H]2CC(N(C)Cc3cc(F)ccc3Cl)C[C@@H]2C1. The lowest BCUT2D eigenvalue weighted by molar-refractivity contribution is 0.212. The standard InChI is InChI=1S/C18H26ClFN2/c1-21(2)16-7-12-9-17(10-13(12)8-16)22(3)11-14-6-15(20)4-5-18(14)19/h4-6,12-13,16-17H,7-11H2,1-3H3/t12-,13+,16?,17?. The van der Waals surface area contributed by atoms with Crippen LogP contribution in [-0.2, 0) is 6.54 Å². The molecule has 1 aromatic rings. The van der Waals surface area contributed by atoms with E-state index in [0.717, 1.165) is 30.0 Å². The summed E-state index contributed by atoms with van der Waals surface area (Å²) in [6.07, 6.45) is 5.22. The van der Waals surface area contributed by atoms with Gasteiger partial charge in [-0.1, -0.05) is 11.6 Å². The van der Waals surface area contributed by atoms with Crippen molar-refractivity contribution in [2.75, 3.05) is 21.1 Å². The van der Waals surface area contributed by atoms with Crippen molar-refractivity contribution in [3.63, 3.8) is 0 Å². The number of benzene rings is 1. The number of nitrogens with zero attached hydrogens (tertiary/aromatic N) is 2. The molecule has 0 N–H and O–H groups in total. The van der Waals surface area contributed by atoms with E-state index in [9.17, 15) is 4.39 Å². The highest BCUT2D eigenvalue weighted by Gasteiger charge is 2.43. The first kappa shape index (κ1) is 16.2. The second-order valence-corrected chi connectivity index (χ2v) is 7.79. The maximum Gasteiger partial charge on any atom is 0.123 e. The minimum absolute atomic E-state index is 0.204. The first-order valence-corrected chi connectivity index (χ1v) is 8.62. The van der Waals surface area contributed by atoms with Crippen LogP contribution in [0.25, 0.3) is 0 Å². The van der Waals surface area contributed by atoms with Crippen molar-refractivity contribution in [1.29, 1.82) is 0 Å². The highest BCUT2D eigenvalue weighted by atomic mass is 35.5. The Hall–Kier alpha value is -0.640. The lowest BCUT2D eigenvalue weighted by Gasteiger charge is -2.27. The molecule has 122 valence electrons. The maximum atomic E-state index is 13.4. The zero-order valence-corrected chi connectivity index (χ0v) is 14.5. The lowest BCUT2D eigenvalue weighted by Crippen LogP contribution is -2.31. The van der Waals surface area contributed by atoms with Gasteiger partial charge in [-0.25, -0.2) is 4.39 Å². The van der Waals surface area contributed by atoms with Gasteiger partial charge < -0.3 is 4.90 Å². The largest absolute Gasteiger partial charge is 0.306 e. The fourth-order valence-electron chi connectivity index (χ4n) is 4.40. The summed E-state index contributed by atoms with van der Waals surface area (Å²) in [4.78, 5) is 4.74. The van der Waals surface area contributed by atoms with Gasteiger partial charge in [0.05, 0.1) is 0 Å². The number of halogens is 2. The van der Waals surface area contributed by atoms with Gasteiger partial charge in [0, 0.05) is 23.7 Å². The summed E-state index contributed by atoms with van der Waals surface area (Å²) in [5, 5.41) is 0.666. The van der Waals surface area contributed by atoms with Gasteiger partial charge in [0.15, 0.2) is 0 Å². The van der Waals surface area contributed by atoms with Crippen LogP contribution in [0, 0.1) is 17.7 Å². The third kappa shape index (κ3) is 3.32. The predicted octanol–water partition coefficient (Wildman–Crippen LogP) is 4.03. The van der Waals surface area contributed by atoms with Crippen LogP contribution in [0.2, 0.25) is 5.02 Å². The number of rotatable bonds is 4. The zero-order chi connectivity index (χ0) is 15.9. The molecule has 0 bridgehead atoms. The fraction of sp³-hybridized carbons (Fsp3) is 0.667. The Morgan fingerprint density at radius 3 is 2.23 bits per heavy atom. The molecule has 4 heteroatoms. The Kier molecular flexibility index (Phi) is 4.77. The Balaban J connectivity index is 1.59. The normalized spacial score (nSPS) is 31.2. The lowest BCUT2D eigenvalue weighted by atomic mass is 10.0. The van der Waals surface area contributed by atoms with E-state index in [0.29, 0.717) is 11.1 Å². The summed E-state index contributed by atoms with van der Waals surface area (Å²) < 4.78 is 13.4. The molecular formula is C18H26ClFN2. The van der Waals surface area contributed by atoms with E-state index in [4.69, 9.17) is 11.6 Å². The Morgan fingerprint density at radius 2 is 1.64 bits per heavy atom. The van der Waals surface area contributed by atoms with Crippen LogP contribution in [0.1, 0.15) is 31.2 Å². The summed E-state index contributed by atoms with van der Waals surface area (Å²) in [7, 11) is 6.54. The van der Waals surface area contributed by atoms with E-state index in [1.54, 1.807) is 12.1 Å². The molecule has 2 saturated carbocycles. The van der Waals surface area contributed by atoms with E-state index in [-0.39, 0.29) is 5.82 Å². The molecule has 4 atom stereocenters. The van der Waals surface area contributed by atoms with Gasteiger partial charge >= 0.3 is 0 Å². The minimum Gasteiger partial charge on any atom is -0.306 e. The van der Waals surface area contributed by atoms with Gasteiger partial charge in [-0.3, -0.25) is 4.90 Å². The summed E-state index contributed by atoms with van der Waals surface area (Å²) in [5.41, 5.74) is 0.896. The van der Waals surface area contributed by atoms with Gasteiger partial charge in [0.1, 0.15) is 5.82 Å². The molecule has 2 fully saturated rings. The molecule has 0 aromatic heterocycles. The Morgan fingerprint density at radius 1 is 1.05 bits per heavy atom. The van der Waals surface area contributed by atoms with Crippen LogP contribution in [-0.4, -0.2) is 43.0 Å². The quantitative estimate of drug-likeness (QED) is 0.825. The molecule has 0 amide bonds. The minimum atomic E-state index is -0.204. The molecule has 2 nitrogen and oxygen atoms in total. The van der Waals surface area contributed by atoms with Crippen molar-refractivity contribution in [1.82, 2.24) is 9.80 Å². The van der Waals surface area contributed by atoms with Crippen molar-refractivity contribution < 1.29 is 4.39 Å². The Bertz CT molecular complexity index is 520. The monoisotopic (exact) mass is 324 g/mol. The molecule has 0 spiro atoms. The highest BCUT2D eigenvalue weighted by molar-refractivity contribution is 6.31. The van der Waals surface area contributed by atoms with Crippen LogP contribution in [0.3, 0.4) is 0 Å². The van der Waals surface area contributed by atoms with E-state index in [1.165, 1.54) is 31.7 Å². The van der Waals surface area contributed by atoms with Crippen molar-refractivity contribution in [3.8, 4) is 0 Å². The molecule has 2 unspecified atom stereocenters. The van der Waals surface area contributed by atoms with Crippen LogP contribution in [0.4, 0.5) is 4.39 Å². The third-order valence-corrected chi connectivity index (χ3v) is 6.12. The fourth-order valence-corrected chi connectivity index (χ4v) is 4.57. The highest BCUT2D eigenvalue weighted by Crippen LogP contribution is 2.46. The van der Waals surface area contributed by atoms with Crippen LogP contribution in [0.5, 0.6) is 0 Å². The zero-order valence-electron chi connectivity index (χ0n) is 13.7. The molecule has 2 aliphatic carbocycles. The molecule has 3 rings (SSSR count). The first-order valence-electron chi connectivity index (χ1n) is 8.24. The average Bonchev–Trinajstić information content (AvgIpc) is 3.01. The Labute approximate surface area is 138 Å². The molecular weight excluding hydrogens is 299 g/mol. The average molecular weight is 325 g/mol. The van der Waals surface area contributed by atoms with Gasteiger partial charge in [0.2, 0.25) is 0 Å². The predicted molar refractivity (Wildman–Crippen MR) is 89.6 cm³/mol. The van der Waals surface area contributed by atoms with E-state index in [2.05, 4.69) is 30.9 Å². The van der Waals surface area contributed by atoms with Crippen LogP contribution in [0.15, 0.2) is 18.2 Å². The number of hydrogen-bond donors (Lipinski definition) is 0. The van der Waals surface area contributed by atoms with Crippen molar-refractivity contribution in [3.05, 3.63) is 34.6 Å². The molecule has 22 heavy (non-hydrogen) atoms. The van der Waals surface area contributed by atoms with Crippen LogP contribution >= 0.6 is 11.6 Å². The van der Waals surface area contributed by atoms with Crippen molar-refractivity contribution >= 4 is 11.6 Å². The van der Waals surface area contributed by atoms with Gasteiger partial charge in [-0.15, -0.1) is 0 Å². The summed E-state index contributed by atoms with van der Waals surface area (Å²) in [5.74, 6) is 1.52. The van der Waals surface area contributed by atoms with Crippen molar-refractivity contribution in [2.24, 2.45) is 11.8 Å². The van der Waals surface area contributed by atoms with Gasteiger partial charge in [-0.2, -0.15) is 0 Å². The molecule has 0 radical (unpaired) electrons. The number of hydrogen-bond acceptors (Lipinski definition) is 2. The smallest absolute Gasteiger partial charge is 0.123 e. The van der Waals surface area contributed by atoms with E-state index < -0.39 is 0 Å². The molecule has 1 aromatic carbocycles. The second-order valence-electron chi connectivity index (χ2n) is 7.39.